The molecule has 0 aromatic heterocycles. The first kappa shape index (κ1) is 15.5. The summed E-state index contributed by atoms with van der Waals surface area (Å²) in [5.41, 5.74) is 2.29. The van der Waals surface area contributed by atoms with Gasteiger partial charge in [-0.05, 0) is 37.8 Å². The van der Waals surface area contributed by atoms with E-state index in [1.54, 1.807) is 24.3 Å². The predicted octanol–water partition coefficient (Wildman–Crippen LogP) is 4.06. The largest absolute Gasteiger partial charge is 0.270 e. The molecule has 1 aliphatic rings. The van der Waals surface area contributed by atoms with Crippen molar-refractivity contribution in [2.24, 2.45) is 5.92 Å². The summed E-state index contributed by atoms with van der Waals surface area (Å²) in [6.45, 7) is 6.88. The molecule has 3 nitrogen and oxygen atoms in total. The lowest BCUT2D eigenvalue weighted by Gasteiger charge is -2.12. The topological polar surface area (TPSA) is 37.4 Å². The lowest BCUT2D eigenvalue weighted by atomic mass is 10.0. The van der Waals surface area contributed by atoms with Gasteiger partial charge in [-0.3, -0.25) is 14.5 Å². The van der Waals surface area contributed by atoms with Crippen molar-refractivity contribution in [2.45, 2.75) is 40.0 Å². The van der Waals surface area contributed by atoms with Crippen molar-refractivity contribution in [3.63, 3.8) is 0 Å². The van der Waals surface area contributed by atoms with E-state index in [2.05, 4.69) is 20.8 Å². The van der Waals surface area contributed by atoms with Gasteiger partial charge in [0.2, 0.25) is 0 Å². The van der Waals surface area contributed by atoms with Crippen molar-refractivity contribution >= 4 is 11.8 Å². The summed E-state index contributed by atoms with van der Waals surface area (Å²) in [6, 6.07) is 7.02. The summed E-state index contributed by atoms with van der Waals surface area (Å²) in [4.78, 5) is 25.7. The number of hydrogen-bond acceptors (Lipinski definition) is 2. The Hall–Kier alpha value is -1.90. The molecule has 1 aliphatic heterocycles. The first-order valence-electron chi connectivity index (χ1n) is 7.61. The average molecular weight is 285 g/mol. The summed E-state index contributed by atoms with van der Waals surface area (Å²) < 4.78 is 0. The zero-order chi connectivity index (χ0) is 15.4. The molecular weight excluding hydrogens is 262 g/mol. The van der Waals surface area contributed by atoms with Crippen LogP contribution in [0.4, 0.5) is 0 Å². The van der Waals surface area contributed by atoms with E-state index >= 15 is 0 Å². The van der Waals surface area contributed by atoms with Crippen LogP contribution in [0.15, 0.2) is 35.9 Å². The smallest absolute Gasteiger partial charge is 0.261 e. The van der Waals surface area contributed by atoms with E-state index in [1.165, 1.54) is 16.9 Å². The molecule has 3 heteroatoms. The number of nitrogens with zero attached hydrogens (tertiary/aromatic N) is 1. The lowest BCUT2D eigenvalue weighted by molar-refractivity contribution is 0.0672. The van der Waals surface area contributed by atoms with Crippen LogP contribution < -0.4 is 0 Å². The van der Waals surface area contributed by atoms with Gasteiger partial charge in [0.05, 0.1) is 11.1 Å². The summed E-state index contributed by atoms with van der Waals surface area (Å²) in [7, 11) is 0. The number of rotatable bonds is 6. The van der Waals surface area contributed by atoms with Crippen molar-refractivity contribution in [1.29, 1.82) is 0 Å². The Morgan fingerprint density at radius 1 is 1.14 bits per heavy atom. The van der Waals surface area contributed by atoms with Gasteiger partial charge in [0.25, 0.3) is 11.8 Å². The monoisotopic (exact) mass is 285 g/mol. The second-order valence-corrected chi connectivity index (χ2v) is 6.10. The Bertz CT molecular complexity index is 537. The normalized spacial score (nSPS) is 15.0. The molecule has 0 bridgehead atoms. The van der Waals surface area contributed by atoms with Gasteiger partial charge in [0, 0.05) is 6.54 Å². The van der Waals surface area contributed by atoms with Crippen molar-refractivity contribution in [2.75, 3.05) is 6.54 Å². The molecule has 1 aromatic rings. The number of fused-ring (bicyclic) bond motifs is 1. The molecule has 1 heterocycles. The van der Waals surface area contributed by atoms with Crippen LogP contribution >= 0.6 is 0 Å². The van der Waals surface area contributed by atoms with Gasteiger partial charge in [-0.25, -0.2) is 0 Å². The lowest BCUT2D eigenvalue weighted by Crippen LogP contribution is -2.29. The van der Waals surface area contributed by atoms with Gasteiger partial charge >= 0.3 is 0 Å². The number of amides is 2. The molecule has 0 fully saturated rings. The molecule has 1 aromatic carbocycles. The van der Waals surface area contributed by atoms with Crippen molar-refractivity contribution < 1.29 is 9.59 Å². The molecule has 0 radical (unpaired) electrons. The molecule has 0 unspecified atom stereocenters. The predicted molar refractivity (Wildman–Crippen MR) is 84.3 cm³/mol. The summed E-state index contributed by atoms with van der Waals surface area (Å²) in [5.74, 6) is 0.359. The maximum absolute atomic E-state index is 12.2. The molecule has 112 valence electrons. The van der Waals surface area contributed by atoms with Gasteiger partial charge in [-0.1, -0.05) is 44.1 Å². The van der Waals surface area contributed by atoms with Gasteiger partial charge in [0.1, 0.15) is 0 Å². The Labute approximate surface area is 126 Å². The Morgan fingerprint density at radius 2 is 1.71 bits per heavy atom. The second-order valence-electron chi connectivity index (χ2n) is 6.10. The Kier molecular flexibility index (Phi) is 4.94. The van der Waals surface area contributed by atoms with Crippen LogP contribution in [0.2, 0.25) is 0 Å². The molecule has 21 heavy (non-hydrogen) atoms. The highest BCUT2D eigenvalue weighted by molar-refractivity contribution is 6.21. The van der Waals surface area contributed by atoms with Crippen LogP contribution in [0.5, 0.6) is 0 Å². The highest BCUT2D eigenvalue weighted by atomic mass is 16.2. The number of carbonyl (C=O) groups is 2. The van der Waals surface area contributed by atoms with Crippen LogP contribution in [0.25, 0.3) is 0 Å². The molecule has 2 rings (SSSR count). The van der Waals surface area contributed by atoms with E-state index in [9.17, 15) is 9.59 Å². The Balaban J connectivity index is 1.96. The standard InChI is InChI=1S/C18H23NO2/c1-13(2)7-6-8-14(3)11-12-19-17(20)15-9-4-5-10-16(15)18(19)21/h4-5,9-11,13H,6-8,12H2,1-3H3/b14-11+. The second kappa shape index (κ2) is 6.70. The van der Waals surface area contributed by atoms with E-state index in [4.69, 9.17) is 0 Å². The number of carbonyl (C=O) groups excluding carboxylic acids is 2. The minimum Gasteiger partial charge on any atom is -0.270 e. The van der Waals surface area contributed by atoms with E-state index in [0.29, 0.717) is 23.6 Å². The molecule has 0 N–H and O–H groups in total. The molecule has 0 saturated carbocycles. The third-order valence-electron chi connectivity index (χ3n) is 3.85. The minimum atomic E-state index is -0.179. The molecule has 0 aliphatic carbocycles. The van der Waals surface area contributed by atoms with Crippen LogP contribution in [0.3, 0.4) is 0 Å². The summed E-state index contributed by atoms with van der Waals surface area (Å²) >= 11 is 0. The highest BCUT2D eigenvalue weighted by Gasteiger charge is 2.34. The van der Waals surface area contributed by atoms with Crippen LogP contribution in [0, 0.1) is 5.92 Å². The van der Waals surface area contributed by atoms with E-state index in [0.717, 1.165) is 12.8 Å². The number of hydrogen-bond donors (Lipinski definition) is 0. The van der Waals surface area contributed by atoms with E-state index in [-0.39, 0.29) is 11.8 Å². The fourth-order valence-electron chi connectivity index (χ4n) is 2.54. The zero-order valence-corrected chi connectivity index (χ0v) is 13.1. The Morgan fingerprint density at radius 3 is 2.24 bits per heavy atom. The third-order valence-corrected chi connectivity index (χ3v) is 3.85. The average Bonchev–Trinajstić information content (AvgIpc) is 2.69. The number of imide groups is 1. The van der Waals surface area contributed by atoms with Crippen LogP contribution in [-0.2, 0) is 0 Å². The summed E-state index contributed by atoms with van der Waals surface area (Å²) in [5, 5.41) is 0. The fourth-order valence-corrected chi connectivity index (χ4v) is 2.54. The molecule has 0 atom stereocenters. The van der Waals surface area contributed by atoms with Gasteiger partial charge in [0.15, 0.2) is 0 Å². The molecule has 0 spiro atoms. The van der Waals surface area contributed by atoms with Crippen LogP contribution in [0.1, 0.15) is 60.7 Å². The maximum Gasteiger partial charge on any atom is 0.261 e. The van der Waals surface area contributed by atoms with E-state index < -0.39 is 0 Å². The molecule has 2 amide bonds. The van der Waals surface area contributed by atoms with Gasteiger partial charge in [-0.15, -0.1) is 0 Å². The van der Waals surface area contributed by atoms with Crippen molar-refractivity contribution in [3.8, 4) is 0 Å². The quantitative estimate of drug-likeness (QED) is 0.584. The van der Waals surface area contributed by atoms with Gasteiger partial charge in [-0.2, -0.15) is 0 Å². The van der Waals surface area contributed by atoms with Crippen LogP contribution in [-0.4, -0.2) is 23.3 Å². The van der Waals surface area contributed by atoms with Crippen molar-refractivity contribution in [3.05, 3.63) is 47.0 Å². The maximum atomic E-state index is 12.2. The van der Waals surface area contributed by atoms with Crippen molar-refractivity contribution in [1.82, 2.24) is 4.90 Å². The third kappa shape index (κ3) is 3.60. The SMILES string of the molecule is C/C(=C\CN1C(=O)c2ccccc2C1=O)CCCC(C)C. The first-order valence-corrected chi connectivity index (χ1v) is 7.61. The molecular formula is C18H23NO2. The highest BCUT2D eigenvalue weighted by Crippen LogP contribution is 2.22. The van der Waals surface area contributed by atoms with Gasteiger partial charge < -0.3 is 0 Å². The molecule has 0 saturated heterocycles. The first-order chi connectivity index (χ1) is 10.0. The summed E-state index contributed by atoms with van der Waals surface area (Å²) in [6.07, 6.45) is 5.39. The number of benzene rings is 1. The zero-order valence-electron chi connectivity index (χ0n) is 13.1. The number of allylic oxidation sites excluding steroid dienone is 1. The fraction of sp³-hybridized carbons (Fsp3) is 0.444. The van der Waals surface area contributed by atoms with E-state index in [1.807, 2.05) is 6.08 Å². The minimum absolute atomic E-state index is 0.179.